The van der Waals surface area contributed by atoms with Crippen LogP contribution >= 0.6 is 11.6 Å². The summed E-state index contributed by atoms with van der Waals surface area (Å²) in [5.74, 6) is -3.43. The molecular weight excluding hydrogens is 431 g/mol. The molecule has 10 nitrogen and oxygen atoms in total. The predicted molar refractivity (Wildman–Crippen MR) is 111 cm³/mol. The fourth-order valence-electron chi connectivity index (χ4n) is 2.76. The fourth-order valence-corrected chi connectivity index (χ4v) is 2.88. The lowest BCUT2D eigenvalue weighted by molar-refractivity contribution is -0.144. The summed E-state index contributed by atoms with van der Waals surface area (Å²) in [5.41, 5.74) is 6.06. The highest BCUT2D eigenvalue weighted by Gasteiger charge is 2.29. The number of para-hydroxylation sites is 2. The van der Waals surface area contributed by atoms with Crippen LogP contribution in [0.2, 0.25) is 0 Å². The Morgan fingerprint density at radius 3 is 2.52 bits per heavy atom. The van der Waals surface area contributed by atoms with Crippen molar-refractivity contribution in [3.8, 4) is 0 Å². The van der Waals surface area contributed by atoms with Crippen LogP contribution in [-0.2, 0) is 14.4 Å². The number of rotatable bonds is 9. The normalized spacial score (nSPS) is 12.9. The number of H-pyrrole nitrogens is 1. The number of imidazole rings is 1. The lowest BCUT2D eigenvalue weighted by Gasteiger charge is -2.26. The first-order valence-electron chi connectivity index (χ1n) is 9.52. The fraction of sp³-hybridized carbons (Fsp3) is 0.421. The zero-order valence-electron chi connectivity index (χ0n) is 17.0. The largest absolute Gasteiger partial charge is 0.370 e. The van der Waals surface area contributed by atoms with Crippen molar-refractivity contribution >= 4 is 46.3 Å². The molecule has 168 valence electrons. The lowest BCUT2D eigenvalue weighted by atomic mass is 10.0. The van der Waals surface area contributed by atoms with Gasteiger partial charge >= 0.3 is 0 Å². The van der Waals surface area contributed by atoms with Gasteiger partial charge in [0.25, 0.3) is 23.4 Å². The van der Waals surface area contributed by atoms with Gasteiger partial charge in [-0.25, -0.2) is 14.4 Å². The molecule has 4 amide bonds. The molecule has 5 N–H and O–H groups in total. The van der Waals surface area contributed by atoms with Gasteiger partial charge in [0.1, 0.15) is 6.04 Å². The molecular formula is C19H24ClFN6O4. The number of aromatic nitrogens is 2. The van der Waals surface area contributed by atoms with E-state index in [9.17, 15) is 23.6 Å². The van der Waals surface area contributed by atoms with Crippen LogP contribution in [-0.4, -0.2) is 56.8 Å². The number of hydrogen-bond acceptors (Lipinski definition) is 5. The number of halogens is 2. The molecule has 0 saturated carbocycles. The minimum atomic E-state index is -2.43. The Labute approximate surface area is 182 Å². The Hall–Kier alpha value is -3.21. The van der Waals surface area contributed by atoms with Crippen molar-refractivity contribution < 1.29 is 23.6 Å². The summed E-state index contributed by atoms with van der Waals surface area (Å²) in [4.78, 5) is 55.4. The number of carbonyl (C=O) groups is 4. The third-order valence-electron chi connectivity index (χ3n) is 4.21. The molecule has 1 heterocycles. The first-order valence-corrected chi connectivity index (χ1v) is 9.96. The zero-order chi connectivity index (χ0) is 23.1. The summed E-state index contributed by atoms with van der Waals surface area (Å²) in [6, 6.07) is 5.95. The summed E-state index contributed by atoms with van der Waals surface area (Å²) in [6.45, 7) is 3.29. The van der Waals surface area contributed by atoms with Crippen LogP contribution in [0.5, 0.6) is 0 Å². The highest BCUT2D eigenvalue weighted by Crippen LogP contribution is 2.12. The number of benzene rings is 1. The number of hydrazine groups is 1. The number of carbonyl (C=O) groups excluding carboxylic acids is 4. The highest BCUT2D eigenvalue weighted by atomic mass is 35.5. The van der Waals surface area contributed by atoms with Crippen molar-refractivity contribution in [1.29, 1.82) is 0 Å². The first-order chi connectivity index (χ1) is 14.6. The predicted octanol–water partition coefficient (Wildman–Crippen LogP) is 0.977. The molecule has 31 heavy (non-hydrogen) atoms. The molecule has 2 rings (SSSR count). The number of nitrogens with one attached hydrogen (secondary N) is 3. The molecule has 0 fully saturated rings. The Bertz CT molecular complexity index is 931. The molecule has 0 aliphatic rings. The molecule has 0 saturated heterocycles. The highest BCUT2D eigenvalue weighted by molar-refractivity contribution is 6.29. The number of amides is 4. The summed E-state index contributed by atoms with van der Waals surface area (Å²) in [6.07, 6.45) is -0.106. The molecule has 0 unspecified atom stereocenters. The molecule has 0 spiro atoms. The standard InChI is InChI=1S/C19H24ClFN6O4/c1-10(2)9-13(17(29)26-27(8-7-14(22)28)19(31)15(20)21)25-18(30)16-23-11-5-3-4-6-12(11)24-16/h3-6,10,13,15H,7-9H2,1-2H3,(H2,22,28)(H,23,24)(H,25,30)(H,26,29)/t13-,15+/m0/s1. The van der Waals surface area contributed by atoms with E-state index in [1.807, 2.05) is 13.8 Å². The average molecular weight is 455 g/mol. The van der Waals surface area contributed by atoms with Crippen molar-refractivity contribution in [3.63, 3.8) is 0 Å². The number of primary amides is 1. The quantitative estimate of drug-likeness (QED) is 0.329. The first kappa shape index (κ1) is 24.1. The van der Waals surface area contributed by atoms with Crippen LogP contribution in [0.1, 0.15) is 37.3 Å². The molecule has 0 radical (unpaired) electrons. The summed E-state index contributed by atoms with van der Waals surface area (Å²) in [5, 5.41) is 3.14. The van der Waals surface area contributed by atoms with Gasteiger partial charge in [-0.05, 0) is 24.5 Å². The SMILES string of the molecule is CC(C)C[C@H](NC(=O)c1nc2ccccc2[nH]1)C(=O)NN(CCC(N)=O)C(=O)[C@@H](F)Cl. The number of fused-ring (bicyclic) bond motifs is 1. The van der Waals surface area contributed by atoms with Crippen LogP contribution in [0, 0.1) is 5.92 Å². The van der Waals surface area contributed by atoms with Crippen molar-refractivity contribution in [2.24, 2.45) is 11.7 Å². The van der Waals surface area contributed by atoms with Gasteiger partial charge in [0, 0.05) is 6.42 Å². The van der Waals surface area contributed by atoms with Gasteiger partial charge in [-0.3, -0.25) is 24.6 Å². The van der Waals surface area contributed by atoms with Crippen molar-refractivity contribution in [3.05, 3.63) is 30.1 Å². The van der Waals surface area contributed by atoms with Crippen molar-refractivity contribution in [1.82, 2.24) is 25.7 Å². The topological polar surface area (TPSA) is 150 Å². The van der Waals surface area contributed by atoms with Crippen LogP contribution in [0.15, 0.2) is 24.3 Å². The van der Waals surface area contributed by atoms with Crippen molar-refractivity contribution in [2.75, 3.05) is 6.54 Å². The van der Waals surface area contributed by atoms with Gasteiger partial charge in [0.05, 0.1) is 17.6 Å². The second-order valence-electron chi connectivity index (χ2n) is 7.24. The Morgan fingerprint density at radius 1 is 1.26 bits per heavy atom. The third-order valence-corrected chi connectivity index (χ3v) is 4.40. The lowest BCUT2D eigenvalue weighted by Crippen LogP contribution is -2.56. The molecule has 0 bridgehead atoms. The van der Waals surface area contributed by atoms with Crippen LogP contribution < -0.4 is 16.5 Å². The van der Waals surface area contributed by atoms with Crippen LogP contribution in [0.4, 0.5) is 4.39 Å². The Kier molecular flexibility index (Phi) is 8.31. The zero-order valence-corrected chi connectivity index (χ0v) is 17.8. The van der Waals surface area contributed by atoms with E-state index in [1.54, 1.807) is 24.3 Å². The van der Waals surface area contributed by atoms with E-state index in [4.69, 9.17) is 17.3 Å². The molecule has 12 heteroatoms. The van der Waals surface area contributed by atoms with E-state index < -0.39 is 35.3 Å². The van der Waals surface area contributed by atoms with E-state index in [0.717, 1.165) is 0 Å². The summed E-state index contributed by atoms with van der Waals surface area (Å²) >= 11 is 5.18. The maximum atomic E-state index is 13.3. The maximum Gasteiger partial charge on any atom is 0.291 e. The Morgan fingerprint density at radius 2 is 1.94 bits per heavy atom. The molecule has 1 aromatic heterocycles. The van der Waals surface area contributed by atoms with E-state index in [2.05, 4.69) is 20.7 Å². The van der Waals surface area contributed by atoms with Gasteiger partial charge in [0.15, 0.2) is 5.82 Å². The van der Waals surface area contributed by atoms with Gasteiger partial charge in [-0.15, -0.1) is 0 Å². The van der Waals surface area contributed by atoms with Gasteiger partial charge in [-0.2, -0.15) is 0 Å². The molecule has 0 aliphatic carbocycles. The third kappa shape index (κ3) is 6.92. The van der Waals surface area contributed by atoms with E-state index in [-0.39, 0.29) is 31.1 Å². The number of hydrogen-bond donors (Lipinski definition) is 4. The van der Waals surface area contributed by atoms with E-state index >= 15 is 0 Å². The monoisotopic (exact) mass is 454 g/mol. The molecule has 2 aromatic rings. The van der Waals surface area contributed by atoms with Gasteiger partial charge < -0.3 is 16.0 Å². The molecule has 2 atom stereocenters. The number of nitrogens with zero attached hydrogens (tertiary/aromatic N) is 2. The minimum Gasteiger partial charge on any atom is -0.370 e. The minimum absolute atomic E-state index is 0.00833. The van der Waals surface area contributed by atoms with Gasteiger partial charge in [-0.1, -0.05) is 37.6 Å². The maximum absolute atomic E-state index is 13.3. The van der Waals surface area contributed by atoms with Gasteiger partial charge in [0.2, 0.25) is 5.91 Å². The molecule has 1 aromatic carbocycles. The smallest absolute Gasteiger partial charge is 0.291 e. The average Bonchev–Trinajstić information content (AvgIpc) is 3.13. The number of aromatic amines is 1. The Balaban J connectivity index is 2.16. The number of nitrogens with two attached hydrogens (primary N) is 1. The van der Waals surface area contributed by atoms with Crippen LogP contribution in [0.3, 0.4) is 0 Å². The molecule has 0 aliphatic heterocycles. The second kappa shape index (κ2) is 10.7. The summed E-state index contributed by atoms with van der Waals surface area (Å²) < 4.78 is 13.3. The van der Waals surface area contributed by atoms with E-state index in [1.165, 1.54) is 0 Å². The van der Waals surface area contributed by atoms with Crippen LogP contribution in [0.25, 0.3) is 11.0 Å². The number of alkyl halides is 2. The second-order valence-corrected chi connectivity index (χ2v) is 7.62. The summed E-state index contributed by atoms with van der Waals surface area (Å²) in [7, 11) is 0. The van der Waals surface area contributed by atoms with E-state index in [0.29, 0.717) is 16.0 Å². The van der Waals surface area contributed by atoms with Crippen molar-refractivity contribution in [2.45, 2.75) is 38.4 Å².